The maximum atomic E-state index is 12.8. The zero-order chi connectivity index (χ0) is 14.8. The van der Waals surface area contributed by atoms with E-state index in [1.165, 1.54) is 0 Å². The van der Waals surface area contributed by atoms with Crippen molar-refractivity contribution in [3.63, 3.8) is 0 Å². The van der Waals surface area contributed by atoms with Crippen LogP contribution in [0.1, 0.15) is 40.0 Å². The Morgan fingerprint density at radius 2 is 1.95 bits per heavy atom. The lowest BCUT2D eigenvalue weighted by Crippen LogP contribution is -2.83. The number of ketones is 1. The molecule has 1 heterocycles. The normalized spacial score (nSPS) is 67.6. The first-order valence-electron chi connectivity index (χ1n) is 7.42. The Hall–Kier alpha value is -0.490. The quantitative estimate of drug-likeness (QED) is 0.591. The minimum absolute atomic E-state index is 0.0242. The summed E-state index contributed by atoms with van der Waals surface area (Å²) >= 11 is 0. The van der Waals surface area contributed by atoms with Gasteiger partial charge in [0.15, 0.2) is 0 Å². The molecule has 7 atom stereocenters. The van der Waals surface area contributed by atoms with Crippen molar-refractivity contribution in [2.75, 3.05) is 6.61 Å². The predicted octanol–water partition coefficient (Wildman–Crippen LogP) is 0.212. The van der Waals surface area contributed by atoms with Crippen LogP contribution in [0.2, 0.25) is 0 Å². The van der Waals surface area contributed by atoms with E-state index in [-0.39, 0.29) is 24.7 Å². The summed E-state index contributed by atoms with van der Waals surface area (Å²) in [6.07, 6.45) is 0.201. The van der Waals surface area contributed by atoms with Gasteiger partial charge in [-0.25, -0.2) is 0 Å². The second-order valence-electron chi connectivity index (χ2n) is 7.79. The Balaban J connectivity index is 2.10. The number of hydrogen-bond acceptors (Lipinski definition) is 5. The molecule has 4 aliphatic carbocycles. The van der Waals surface area contributed by atoms with Crippen molar-refractivity contribution in [2.24, 2.45) is 22.2 Å². The van der Waals surface area contributed by atoms with Crippen molar-refractivity contribution in [3.05, 3.63) is 0 Å². The van der Waals surface area contributed by atoms with Gasteiger partial charge in [0, 0.05) is 17.3 Å². The Bertz CT molecular complexity index is 534. The van der Waals surface area contributed by atoms with Crippen molar-refractivity contribution in [3.8, 4) is 0 Å². The van der Waals surface area contributed by atoms with Crippen LogP contribution in [0.15, 0.2) is 0 Å². The van der Waals surface area contributed by atoms with Crippen LogP contribution >= 0.6 is 0 Å². The van der Waals surface area contributed by atoms with Gasteiger partial charge >= 0.3 is 0 Å². The molecule has 3 N–H and O–H groups in total. The maximum Gasteiger partial charge on any atom is 0.206 e. The van der Waals surface area contributed by atoms with Crippen LogP contribution in [0, 0.1) is 22.2 Å². The third kappa shape index (κ3) is 0.794. The molecule has 4 bridgehead atoms. The third-order valence-corrected chi connectivity index (χ3v) is 7.77. The van der Waals surface area contributed by atoms with Crippen molar-refractivity contribution in [2.45, 2.75) is 57.5 Å². The van der Waals surface area contributed by atoms with Crippen LogP contribution in [-0.4, -0.2) is 45.2 Å². The van der Waals surface area contributed by atoms with Gasteiger partial charge in [0.05, 0.1) is 17.6 Å². The summed E-state index contributed by atoms with van der Waals surface area (Å²) in [5, 5.41) is 33.3. The largest absolute Gasteiger partial charge is 0.388 e. The Morgan fingerprint density at radius 3 is 2.60 bits per heavy atom. The van der Waals surface area contributed by atoms with E-state index in [9.17, 15) is 20.1 Å². The van der Waals surface area contributed by atoms with Gasteiger partial charge in [0.2, 0.25) is 5.79 Å². The molecule has 0 aromatic carbocycles. The van der Waals surface area contributed by atoms with E-state index >= 15 is 0 Å². The number of carbonyl (C=O) groups excluding carboxylic acids is 1. The highest BCUT2D eigenvalue weighted by atomic mass is 16.6. The maximum absolute atomic E-state index is 12.8. The zero-order valence-corrected chi connectivity index (χ0v) is 12.1. The van der Waals surface area contributed by atoms with Gasteiger partial charge in [-0.15, -0.1) is 0 Å². The molecule has 1 spiro atoms. The Morgan fingerprint density at radius 1 is 1.30 bits per heavy atom. The minimum atomic E-state index is -1.87. The van der Waals surface area contributed by atoms with E-state index in [1.807, 2.05) is 13.8 Å². The van der Waals surface area contributed by atoms with Crippen LogP contribution in [0.4, 0.5) is 0 Å². The molecule has 3 unspecified atom stereocenters. The van der Waals surface area contributed by atoms with Crippen molar-refractivity contribution in [1.29, 1.82) is 0 Å². The molecule has 0 amide bonds. The van der Waals surface area contributed by atoms with Gasteiger partial charge in [0.1, 0.15) is 11.9 Å². The number of ether oxygens (including phenoxy) is 1. The van der Waals surface area contributed by atoms with Crippen LogP contribution < -0.4 is 0 Å². The van der Waals surface area contributed by atoms with E-state index in [2.05, 4.69) is 0 Å². The van der Waals surface area contributed by atoms with Crippen LogP contribution in [0.25, 0.3) is 0 Å². The number of carbonyl (C=O) groups is 1. The van der Waals surface area contributed by atoms with Gasteiger partial charge in [-0.3, -0.25) is 4.79 Å². The first-order valence-corrected chi connectivity index (χ1v) is 7.42. The summed E-state index contributed by atoms with van der Waals surface area (Å²) in [6, 6.07) is 0. The molecular formula is C15H22O5. The Labute approximate surface area is 117 Å². The summed E-state index contributed by atoms with van der Waals surface area (Å²) < 4.78 is 5.56. The van der Waals surface area contributed by atoms with Crippen LogP contribution in [0.5, 0.6) is 0 Å². The highest BCUT2D eigenvalue weighted by Gasteiger charge is 2.91. The molecule has 5 fully saturated rings. The third-order valence-electron chi connectivity index (χ3n) is 7.77. The molecule has 1 saturated heterocycles. The smallest absolute Gasteiger partial charge is 0.206 e. The van der Waals surface area contributed by atoms with Crippen molar-refractivity contribution in [1.82, 2.24) is 0 Å². The van der Waals surface area contributed by atoms with Crippen LogP contribution in [-0.2, 0) is 9.53 Å². The second kappa shape index (κ2) is 3.00. The fourth-order valence-electron chi connectivity index (χ4n) is 6.15. The van der Waals surface area contributed by atoms with E-state index in [0.29, 0.717) is 6.42 Å². The molecule has 5 heteroatoms. The molecule has 5 rings (SSSR count). The summed E-state index contributed by atoms with van der Waals surface area (Å²) in [7, 11) is 0. The molecule has 112 valence electrons. The standard InChI is InChI=1S/C15H22O5/c1-8-4-5-14(18)11(2)7-20-15(19)10(17)13(8,14)6-9(16)12(11,15)3/h8,10,17-19H,4-7H2,1-3H3/t8-,10-,11?,12?,13+,14?,15-/m1/s1. The molecular weight excluding hydrogens is 260 g/mol. The van der Waals surface area contributed by atoms with E-state index in [0.717, 1.165) is 6.42 Å². The summed E-state index contributed by atoms with van der Waals surface area (Å²) in [4.78, 5) is 12.8. The fraction of sp³-hybridized carbons (Fsp3) is 0.933. The molecule has 0 aromatic heterocycles. The topological polar surface area (TPSA) is 87.0 Å². The van der Waals surface area contributed by atoms with Crippen molar-refractivity contribution >= 4 is 5.78 Å². The monoisotopic (exact) mass is 282 g/mol. The first-order chi connectivity index (χ1) is 9.12. The first kappa shape index (κ1) is 13.2. The average molecular weight is 282 g/mol. The predicted molar refractivity (Wildman–Crippen MR) is 68.5 cm³/mol. The average Bonchev–Trinajstić information content (AvgIpc) is 2.77. The molecule has 0 radical (unpaired) electrons. The van der Waals surface area contributed by atoms with Crippen molar-refractivity contribution < 1.29 is 24.9 Å². The molecule has 5 nitrogen and oxygen atoms in total. The SMILES string of the molecule is C[C@@H]1CCC2(O)C3(C)CO[C@]4(O)[C@H](O)[C@]12CC(=O)C34C. The molecule has 5 aliphatic rings. The van der Waals surface area contributed by atoms with Gasteiger partial charge in [-0.2, -0.15) is 0 Å². The lowest BCUT2D eigenvalue weighted by Gasteiger charge is -2.69. The lowest BCUT2D eigenvalue weighted by molar-refractivity contribution is -0.368. The highest BCUT2D eigenvalue weighted by molar-refractivity contribution is 5.91. The number of aliphatic hydroxyl groups is 3. The van der Waals surface area contributed by atoms with E-state index in [4.69, 9.17) is 4.74 Å². The second-order valence-corrected chi connectivity index (χ2v) is 7.79. The number of fused-ring (bicyclic) bond motifs is 1. The van der Waals surface area contributed by atoms with Gasteiger partial charge in [-0.1, -0.05) is 13.8 Å². The summed E-state index contributed by atoms with van der Waals surface area (Å²) in [5.74, 6) is -1.99. The fourth-order valence-corrected chi connectivity index (χ4v) is 6.15. The molecule has 4 saturated carbocycles. The molecule has 1 aliphatic heterocycles. The van der Waals surface area contributed by atoms with E-state index in [1.54, 1.807) is 6.92 Å². The number of Topliss-reactive ketones (excluding diaryl/α,β-unsaturated/α-hetero) is 1. The van der Waals surface area contributed by atoms with Crippen LogP contribution in [0.3, 0.4) is 0 Å². The van der Waals surface area contributed by atoms with Gasteiger partial charge in [0.25, 0.3) is 0 Å². The molecule has 20 heavy (non-hydrogen) atoms. The number of rotatable bonds is 0. The number of aliphatic hydroxyl groups excluding tert-OH is 1. The van der Waals surface area contributed by atoms with E-state index < -0.39 is 33.7 Å². The zero-order valence-electron chi connectivity index (χ0n) is 12.1. The highest BCUT2D eigenvalue weighted by Crippen LogP contribution is 2.79. The Kier molecular flexibility index (Phi) is 1.98. The lowest BCUT2D eigenvalue weighted by atomic mass is 9.35. The summed E-state index contributed by atoms with van der Waals surface area (Å²) in [6.45, 7) is 5.54. The van der Waals surface area contributed by atoms with Gasteiger partial charge < -0.3 is 20.1 Å². The number of hydrogen-bond donors (Lipinski definition) is 3. The molecule has 0 aromatic rings. The van der Waals surface area contributed by atoms with Gasteiger partial charge in [-0.05, 0) is 25.7 Å². The minimum Gasteiger partial charge on any atom is -0.388 e. The summed E-state index contributed by atoms with van der Waals surface area (Å²) in [5.41, 5.74) is -4.25.